The molecular formula is C25H18O4. The predicted octanol–water partition coefficient (Wildman–Crippen LogP) is 6.07. The van der Waals surface area contributed by atoms with E-state index in [-0.39, 0.29) is 17.1 Å². The Morgan fingerprint density at radius 2 is 1.21 bits per heavy atom. The van der Waals surface area contributed by atoms with Gasteiger partial charge in [-0.1, -0.05) is 66.7 Å². The maximum absolute atomic E-state index is 13.2. The van der Waals surface area contributed by atoms with Crippen LogP contribution in [0, 0.1) is 0 Å². The topological polar surface area (TPSA) is 55.8 Å². The van der Waals surface area contributed by atoms with E-state index in [0.29, 0.717) is 17.1 Å². The second-order valence-corrected chi connectivity index (χ2v) is 6.32. The molecule has 0 aliphatic heterocycles. The lowest BCUT2D eigenvalue weighted by atomic mass is 9.98. The van der Waals surface area contributed by atoms with Gasteiger partial charge in [0.2, 0.25) is 0 Å². The van der Waals surface area contributed by atoms with Gasteiger partial charge >= 0.3 is 5.97 Å². The van der Waals surface area contributed by atoms with E-state index in [0.717, 1.165) is 5.56 Å². The maximum atomic E-state index is 13.2. The minimum atomic E-state index is -0.614. The quantitative estimate of drug-likeness (QED) is 0.336. The van der Waals surface area contributed by atoms with Crippen molar-refractivity contribution in [2.45, 2.75) is 0 Å². The van der Waals surface area contributed by atoms with Crippen molar-refractivity contribution >= 4 is 5.97 Å². The number of carbonyl (C=O) groups excluding carboxylic acids is 1. The highest BCUT2D eigenvalue weighted by molar-refractivity contribution is 6.02. The molecule has 0 amide bonds. The van der Waals surface area contributed by atoms with Crippen LogP contribution in [0.4, 0.5) is 0 Å². The fourth-order valence-corrected chi connectivity index (χ4v) is 2.99. The third-order valence-corrected chi connectivity index (χ3v) is 4.34. The van der Waals surface area contributed by atoms with Gasteiger partial charge in [0, 0.05) is 5.56 Å². The number of ether oxygens (including phenoxy) is 2. The number of hydrogen-bond acceptors (Lipinski definition) is 4. The average Bonchev–Trinajstić information content (AvgIpc) is 2.77. The fraction of sp³-hybridized carbons (Fsp3) is 0. The first-order valence-electron chi connectivity index (χ1n) is 9.14. The molecule has 4 heteroatoms. The van der Waals surface area contributed by atoms with E-state index in [1.165, 1.54) is 6.07 Å². The number of carbonyl (C=O) groups is 1. The summed E-state index contributed by atoms with van der Waals surface area (Å²) in [7, 11) is 0. The summed E-state index contributed by atoms with van der Waals surface area (Å²) in [6.07, 6.45) is 0. The van der Waals surface area contributed by atoms with Crippen molar-refractivity contribution in [1.82, 2.24) is 0 Å². The van der Waals surface area contributed by atoms with Crippen LogP contribution in [0.5, 0.6) is 23.0 Å². The molecule has 0 spiro atoms. The molecule has 142 valence electrons. The molecule has 4 aromatic rings. The summed E-state index contributed by atoms with van der Waals surface area (Å²) in [6, 6.07) is 30.4. The van der Waals surface area contributed by atoms with E-state index in [4.69, 9.17) is 9.47 Å². The molecule has 0 atom stereocenters. The number of hydrogen-bond donors (Lipinski definition) is 1. The Morgan fingerprint density at radius 3 is 1.83 bits per heavy atom. The van der Waals surface area contributed by atoms with Gasteiger partial charge < -0.3 is 14.6 Å². The van der Waals surface area contributed by atoms with Crippen LogP contribution in [0.3, 0.4) is 0 Å². The highest BCUT2D eigenvalue weighted by Crippen LogP contribution is 2.40. The lowest BCUT2D eigenvalue weighted by molar-refractivity contribution is 0.0732. The zero-order chi connectivity index (χ0) is 20.1. The predicted molar refractivity (Wildman–Crippen MR) is 111 cm³/mol. The summed E-state index contributed by atoms with van der Waals surface area (Å²) in [6.45, 7) is 0. The molecule has 0 saturated carbocycles. The lowest BCUT2D eigenvalue weighted by Gasteiger charge is -2.16. The van der Waals surface area contributed by atoms with E-state index in [9.17, 15) is 9.90 Å². The lowest BCUT2D eigenvalue weighted by Crippen LogP contribution is -2.12. The molecule has 4 aromatic carbocycles. The van der Waals surface area contributed by atoms with E-state index in [1.807, 2.05) is 54.6 Å². The normalized spacial score (nSPS) is 10.3. The van der Waals surface area contributed by atoms with Gasteiger partial charge in [-0.3, -0.25) is 0 Å². The molecule has 0 unspecified atom stereocenters. The summed E-state index contributed by atoms with van der Waals surface area (Å²) in [5.74, 6) is 0.205. The first-order chi connectivity index (χ1) is 14.2. The van der Waals surface area contributed by atoms with Crippen molar-refractivity contribution in [3.05, 3.63) is 109 Å². The molecule has 1 N–H and O–H groups in total. The zero-order valence-electron chi connectivity index (χ0n) is 15.5. The number of esters is 1. The van der Waals surface area contributed by atoms with Gasteiger partial charge in [0.15, 0.2) is 11.5 Å². The van der Waals surface area contributed by atoms with Crippen LogP contribution in [0.1, 0.15) is 10.4 Å². The number of rotatable bonds is 5. The van der Waals surface area contributed by atoms with Gasteiger partial charge in [-0.2, -0.15) is 0 Å². The van der Waals surface area contributed by atoms with Crippen LogP contribution in [-0.2, 0) is 0 Å². The Bertz CT molecular complexity index is 1110. The van der Waals surface area contributed by atoms with Crippen molar-refractivity contribution in [1.29, 1.82) is 0 Å². The van der Waals surface area contributed by atoms with Gasteiger partial charge in [0.05, 0.1) is 0 Å². The Balaban J connectivity index is 1.84. The summed E-state index contributed by atoms with van der Waals surface area (Å²) >= 11 is 0. The van der Waals surface area contributed by atoms with Crippen molar-refractivity contribution in [2.75, 3.05) is 0 Å². The molecule has 0 fully saturated rings. The summed E-state index contributed by atoms with van der Waals surface area (Å²) in [4.78, 5) is 13.2. The largest absolute Gasteiger partial charge is 0.504 e. The molecule has 0 heterocycles. The first kappa shape index (κ1) is 18.3. The highest BCUT2D eigenvalue weighted by atomic mass is 16.5. The second kappa shape index (κ2) is 8.31. The molecule has 0 radical (unpaired) electrons. The van der Waals surface area contributed by atoms with Crippen molar-refractivity contribution in [3.8, 4) is 34.1 Å². The van der Waals surface area contributed by atoms with E-state index in [1.54, 1.807) is 42.5 Å². The molecule has 4 nitrogen and oxygen atoms in total. The van der Waals surface area contributed by atoms with E-state index >= 15 is 0 Å². The molecular weight excluding hydrogens is 364 g/mol. The van der Waals surface area contributed by atoms with Gasteiger partial charge in [-0.15, -0.1) is 0 Å². The molecule has 0 aliphatic carbocycles. The molecule has 0 aliphatic rings. The Labute approximate surface area is 168 Å². The van der Waals surface area contributed by atoms with Gasteiger partial charge in [0.1, 0.15) is 17.1 Å². The smallest absolute Gasteiger partial charge is 0.348 e. The zero-order valence-corrected chi connectivity index (χ0v) is 15.5. The summed E-state index contributed by atoms with van der Waals surface area (Å²) in [5.41, 5.74) is 1.57. The van der Waals surface area contributed by atoms with Gasteiger partial charge in [-0.25, -0.2) is 4.79 Å². The van der Waals surface area contributed by atoms with Crippen molar-refractivity contribution < 1.29 is 19.4 Å². The highest BCUT2D eigenvalue weighted by Gasteiger charge is 2.24. The second-order valence-electron chi connectivity index (χ2n) is 6.32. The number of phenolic OH excluding ortho intramolecular Hbond substituents is 1. The maximum Gasteiger partial charge on any atom is 0.348 e. The van der Waals surface area contributed by atoms with Gasteiger partial charge in [-0.05, 0) is 42.0 Å². The van der Waals surface area contributed by atoms with Crippen LogP contribution in [0.25, 0.3) is 11.1 Å². The number of benzene rings is 4. The van der Waals surface area contributed by atoms with Crippen LogP contribution >= 0.6 is 0 Å². The van der Waals surface area contributed by atoms with E-state index < -0.39 is 5.97 Å². The molecule has 0 aromatic heterocycles. The SMILES string of the molecule is O=C(Oc1ccccc1)c1c(-c2ccccc2)ccc(O)c1Oc1ccccc1. The molecule has 0 saturated heterocycles. The average molecular weight is 382 g/mol. The number of aromatic hydroxyl groups is 1. The fourth-order valence-electron chi connectivity index (χ4n) is 2.99. The summed E-state index contributed by atoms with van der Waals surface area (Å²) in [5, 5.41) is 10.5. The number of para-hydroxylation sites is 2. The minimum Gasteiger partial charge on any atom is -0.504 e. The minimum absolute atomic E-state index is 0.0542. The Hall–Kier alpha value is -4.05. The van der Waals surface area contributed by atoms with Crippen LogP contribution in [0.2, 0.25) is 0 Å². The monoisotopic (exact) mass is 382 g/mol. The Morgan fingerprint density at radius 1 is 0.655 bits per heavy atom. The number of phenols is 1. The van der Waals surface area contributed by atoms with E-state index in [2.05, 4.69) is 0 Å². The molecule has 4 rings (SSSR count). The molecule has 29 heavy (non-hydrogen) atoms. The van der Waals surface area contributed by atoms with Crippen LogP contribution in [0.15, 0.2) is 103 Å². The van der Waals surface area contributed by atoms with Gasteiger partial charge in [0.25, 0.3) is 0 Å². The Kier molecular flexibility index (Phi) is 5.25. The standard InChI is InChI=1S/C25H18O4/c26-22-17-16-21(18-10-4-1-5-11-18)23(24(22)28-19-12-6-2-7-13-19)25(27)29-20-14-8-3-9-15-20/h1-17,26H. The van der Waals surface area contributed by atoms with Crippen molar-refractivity contribution in [3.63, 3.8) is 0 Å². The van der Waals surface area contributed by atoms with Crippen molar-refractivity contribution in [2.24, 2.45) is 0 Å². The van der Waals surface area contributed by atoms with Crippen LogP contribution < -0.4 is 9.47 Å². The van der Waals surface area contributed by atoms with Crippen LogP contribution in [-0.4, -0.2) is 11.1 Å². The third-order valence-electron chi connectivity index (χ3n) is 4.34. The summed E-state index contributed by atoms with van der Waals surface area (Å²) < 4.78 is 11.5. The third kappa shape index (κ3) is 4.12. The molecule has 0 bridgehead atoms. The first-order valence-corrected chi connectivity index (χ1v) is 9.14.